The smallest absolute Gasteiger partial charge is 0.265 e. The molecule has 0 aliphatic carbocycles. The number of amides is 2. The number of aryl methyl sites for hydroxylation is 1. The lowest BCUT2D eigenvalue weighted by Crippen LogP contribution is -2.34. The van der Waals surface area contributed by atoms with Gasteiger partial charge in [0.1, 0.15) is 0 Å². The van der Waals surface area contributed by atoms with E-state index in [4.69, 9.17) is 0 Å². The van der Waals surface area contributed by atoms with Crippen LogP contribution in [0, 0.1) is 6.92 Å². The van der Waals surface area contributed by atoms with Crippen molar-refractivity contribution in [1.82, 2.24) is 4.90 Å². The van der Waals surface area contributed by atoms with Gasteiger partial charge in [-0.25, -0.2) is 0 Å². The summed E-state index contributed by atoms with van der Waals surface area (Å²) < 4.78 is 0. The third kappa shape index (κ3) is 5.20. The molecule has 4 nitrogen and oxygen atoms in total. The van der Waals surface area contributed by atoms with E-state index in [2.05, 4.69) is 25.1 Å². The van der Waals surface area contributed by atoms with Gasteiger partial charge in [-0.15, -0.1) is 0 Å². The van der Waals surface area contributed by atoms with Gasteiger partial charge in [0.2, 0.25) is 0 Å². The first-order chi connectivity index (χ1) is 17.1. The van der Waals surface area contributed by atoms with Crippen LogP contribution in [0.25, 0.3) is 6.08 Å². The van der Waals surface area contributed by atoms with Gasteiger partial charge >= 0.3 is 0 Å². The lowest BCUT2D eigenvalue weighted by Gasteiger charge is -2.31. The van der Waals surface area contributed by atoms with E-state index in [1.165, 1.54) is 30.2 Å². The predicted octanol–water partition coefficient (Wildman–Crippen LogP) is 6.69. The minimum atomic E-state index is 0.00155. The minimum absolute atomic E-state index is 0.00155. The highest BCUT2D eigenvalue weighted by molar-refractivity contribution is 8.04. The number of rotatable bonds is 4. The predicted molar refractivity (Wildman–Crippen MR) is 143 cm³/mol. The Morgan fingerprint density at radius 3 is 2.31 bits per heavy atom. The zero-order chi connectivity index (χ0) is 24.2. The van der Waals surface area contributed by atoms with Crippen molar-refractivity contribution < 1.29 is 9.59 Å². The fourth-order valence-corrected chi connectivity index (χ4v) is 5.77. The number of fused-ring (bicyclic) bond motifs is 1. The van der Waals surface area contributed by atoms with E-state index in [9.17, 15) is 9.59 Å². The molecule has 1 fully saturated rings. The zero-order valence-corrected chi connectivity index (χ0v) is 20.9. The Labute approximate surface area is 211 Å². The number of anilines is 1. The Balaban J connectivity index is 1.39. The molecule has 0 bridgehead atoms. The molecular weight excluding hydrogens is 452 g/mol. The van der Waals surface area contributed by atoms with E-state index in [1.807, 2.05) is 70.5 Å². The van der Waals surface area contributed by atoms with Gasteiger partial charge in [-0.05, 0) is 66.8 Å². The van der Waals surface area contributed by atoms with Gasteiger partial charge in [0.05, 0.1) is 17.1 Å². The van der Waals surface area contributed by atoms with Crippen molar-refractivity contribution >= 4 is 35.3 Å². The summed E-state index contributed by atoms with van der Waals surface area (Å²) in [6.45, 7) is 4.29. The van der Waals surface area contributed by atoms with E-state index in [0.717, 1.165) is 47.6 Å². The van der Waals surface area contributed by atoms with Crippen molar-refractivity contribution in [3.8, 4) is 0 Å². The Bertz CT molecular complexity index is 1260. The average molecular weight is 483 g/mol. The lowest BCUT2D eigenvalue weighted by atomic mass is 10.1. The van der Waals surface area contributed by atoms with Crippen LogP contribution in [0.15, 0.2) is 82.6 Å². The fourth-order valence-electron chi connectivity index (χ4n) is 4.71. The molecule has 0 radical (unpaired) electrons. The second-order valence-corrected chi connectivity index (χ2v) is 10.3. The van der Waals surface area contributed by atoms with Crippen molar-refractivity contribution in [2.45, 2.75) is 44.0 Å². The molecule has 0 atom stereocenters. The van der Waals surface area contributed by atoms with Crippen LogP contribution in [0.4, 0.5) is 5.69 Å². The van der Waals surface area contributed by atoms with E-state index in [-0.39, 0.29) is 11.8 Å². The molecule has 0 saturated carbocycles. The number of carbonyl (C=O) groups is 2. The Kier molecular flexibility index (Phi) is 7.05. The number of hydrogen-bond acceptors (Lipinski definition) is 3. The molecule has 35 heavy (non-hydrogen) atoms. The molecule has 5 heteroatoms. The van der Waals surface area contributed by atoms with Gasteiger partial charge in [0.15, 0.2) is 0 Å². The maximum atomic E-state index is 13.6. The summed E-state index contributed by atoms with van der Waals surface area (Å²) in [5, 5.41) is 0. The monoisotopic (exact) mass is 482 g/mol. The Morgan fingerprint density at radius 2 is 1.57 bits per heavy atom. The van der Waals surface area contributed by atoms with Crippen LogP contribution in [0.2, 0.25) is 0 Å². The SMILES string of the molecule is Cc1ccccc1CN1C(=O)C(=Cc2ccc(C(=O)N3CCCCCC3)cc2)Sc2ccccc21. The van der Waals surface area contributed by atoms with Crippen molar-refractivity contribution in [2.24, 2.45) is 0 Å². The van der Waals surface area contributed by atoms with Crippen molar-refractivity contribution in [3.05, 3.63) is 100.0 Å². The number of thioether (sulfide) groups is 1. The molecule has 0 aromatic heterocycles. The van der Waals surface area contributed by atoms with Gasteiger partial charge < -0.3 is 9.80 Å². The summed E-state index contributed by atoms with van der Waals surface area (Å²) >= 11 is 1.51. The van der Waals surface area contributed by atoms with Gasteiger partial charge in [0, 0.05) is 23.5 Å². The number of likely N-dealkylation sites (tertiary alicyclic amines) is 1. The average Bonchev–Trinajstić information content (AvgIpc) is 3.17. The zero-order valence-electron chi connectivity index (χ0n) is 20.1. The summed E-state index contributed by atoms with van der Waals surface area (Å²) in [5.74, 6) is 0.106. The third-order valence-electron chi connectivity index (χ3n) is 6.77. The quantitative estimate of drug-likeness (QED) is 0.389. The Morgan fingerprint density at radius 1 is 0.886 bits per heavy atom. The minimum Gasteiger partial charge on any atom is -0.339 e. The van der Waals surface area contributed by atoms with Crippen LogP contribution in [0.5, 0.6) is 0 Å². The van der Waals surface area contributed by atoms with Crippen LogP contribution in [-0.4, -0.2) is 29.8 Å². The number of hydrogen-bond donors (Lipinski definition) is 0. The summed E-state index contributed by atoms with van der Waals surface area (Å²) in [4.78, 5) is 32.1. The first kappa shape index (κ1) is 23.4. The van der Waals surface area contributed by atoms with Crippen LogP contribution < -0.4 is 4.90 Å². The number of benzene rings is 3. The van der Waals surface area contributed by atoms with Gasteiger partial charge in [-0.1, -0.05) is 73.1 Å². The van der Waals surface area contributed by atoms with Crippen molar-refractivity contribution in [2.75, 3.05) is 18.0 Å². The van der Waals surface area contributed by atoms with E-state index in [1.54, 1.807) is 0 Å². The maximum Gasteiger partial charge on any atom is 0.265 e. The first-order valence-electron chi connectivity index (χ1n) is 12.3. The summed E-state index contributed by atoms with van der Waals surface area (Å²) in [5.41, 5.74) is 4.89. The number of nitrogens with zero attached hydrogens (tertiary/aromatic N) is 2. The van der Waals surface area contributed by atoms with Gasteiger partial charge in [0.25, 0.3) is 11.8 Å². The van der Waals surface area contributed by atoms with Crippen molar-refractivity contribution in [3.63, 3.8) is 0 Å². The third-order valence-corrected chi connectivity index (χ3v) is 7.85. The highest BCUT2D eigenvalue weighted by Crippen LogP contribution is 2.42. The normalized spacial score (nSPS) is 17.3. The molecule has 2 heterocycles. The second kappa shape index (κ2) is 10.5. The van der Waals surface area contributed by atoms with E-state index < -0.39 is 0 Å². The van der Waals surface area contributed by atoms with Crippen LogP contribution in [0.1, 0.15) is 52.7 Å². The Hall–Kier alpha value is -3.31. The van der Waals surface area contributed by atoms with E-state index >= 15 is 0 Å². The second-order valence-electron chi connectivity index (χ2n) is 9.22. The molecule has 0 unspecified atom stereocenters. The van der Waals surface area contributed by atoms with Crippen LogP contribution >= 0.6 is 11.8 Å². The maximum absolute atomic E-state index is 13.6. The van der Waals surface area contributed by atoms with Crippen LogP contribution in [-0.2, 0) is 11.3 Å². The summed E-state index contributed by atoms with van der Waals surface area (Å²) in [6.07, 6.45) is 6.50. The summed E-state index contributed by atoms with van der Waals surface area (Å²) in [7, 11) is 0. The standard InChI is InChI=1S/C30H30N2O2S/c1-22-10-4-5-11-25(22)21-32-26-12-6-7-13-27(26)35-28(30(32)34)20-23-14-16-24(17-15-23)29(33)31-18-8-2-3-9-19-31/h4-7,10-17,20H,2-3,8-9,18-19,21H2,1H3. The number of para-hydroxylation sites is 1. The van der Waals surface area contributed by atoms with Gasteiger partial charge in [-0.2, -0.15) is 0 Å². The largest absolute Gasteiger partial charge is 0.339 e. The van der Waals surface area contributed by atoms with E-state index in [0.29, 0.717) is 17.0 Å². The molecule has 0 spiro atoms. The fraction of sp³-hybridized carbons (Fsp3) is 0.267. The highest BCUT2D eigenvalue weighted by Gasteiger charge is 2.29. The van der Waals surface area contributed by atoms with Crippen LogP contribution in [0.3, 0.4) is 0 Å². The molecule has 1 saturated heterocycles. The number of carbonyl (C=O) groups excluding carboxylic acids is 2. The molecule has 0 N–H and O–H groups in total. The summed E-state index contributed by atoms with van der Waals surface area (Å²) in [6, 6.07) is 23.9. The molecule has 178 valence electrons. The molecule has 2 aliphatic rings. The highest BCUT2D eigenvalue weighted by atomic mass is 32.2. The molecule has 3 aromatic carbocycles. The van der Waals surface area contributed by atoms with Crippen molar-refractivity contribution in [1.29, 1.82) is 0 Å². The molecule has 2 aliphatic heterocycles. The first-order valence-corrected chi connectivity index (χ1v) is 13.2. The molecule has 3 aromatic rings. The topological polar surface area (TPSA) is 40.6 Å². The molecule has 2 amide bonds. The molecule has 5 rings (SSSR count). The van der Waals surface area contributed by atoms with Gasteiger partial charge in [-0.3, -0.25) is 9.59 Å². The molecular formula is C30H30N2O2S. The lowest BCUT2D eigenvalue weighted by molar-refractivity contribution is -0.114.